The Kier molecular flexibility index (Phi) is 7.20. The lowest BCUT2D eigenvalue weighted by atomic mass is 10.1. The van der Waals surface area contributed by atoms with Crippen LogP contribution in [-0.2, 0) is 0 Å². The molecule has 0 rings (SSSR count). The molecule has 0 aromatic rings. The summed E-state index contributed by atoms with van der Waals surface area (Å²) in [4.78, 5) is 0. The maximum Gasteiger partial charge on any atom is 0.0599 e. The van der Waals surface area contributed by atoms with Crippen LogP contribution in [0.1, 0.15) is 54.4 Å². The van der Waals surface area contributed by atoms with E-state index in [0.717, 1.165) is 0 Å². The Morgan fingerprint density at radius 1 is 0.786 bits per heavy atom. The Balaban J connectivity index is 4.02. The van der Waals surface area contributed by atoms with Crippen molar-refractivity contribution in [2.75, 3.05) is 0 Å². The Labute approximate surface area is 89.9 Å². The van der Waals surface area contributed by atoms with E-state index in [1.54, 1.807) is 0 Å². The molecule has 2 unspecified atom stereocenters. The molecular formula is C12H28N2. The van der Waals surface area contributed by atoms with E-state index in [-0.39, 0.29) is 0 Å². The van der Waals surface area contributed by atoms with Crippen molar-refractivity contribution < 1.29 is 0 Å². The van der Waals surface area contributed by atoms with Gasteiger partial charge in [-0.25, -0.2) is 0 Å². The molecule has 2 heteroatoms. The lowest BCUT2D eigenvalue weighted by molar-refractivity contribution is 0.277. The zero-order valence-electron chi connectivity index (χ0n) is 10.7. The maximum absolute atomic E-state index is 3.62. The van der Waals surface area contributed by atoms with E-state index in [4.69, 9.17) is 0 Å². The van der Waals surface area contributed by atoms with Gasteiger partial charge >= 0.3 is 0 Å². The topological polar surface area (TPSA) is 24.1 Å². The standard InChI is InChI=1S/C12H28N2/c1-7-10(5)13-12(9(3)4)14-11(6)8-2/h9-14H,7-8H2,1-6H3. The number of nitrogens with one attached hydrogen (secondary N) is 2. The van der Waals surface area contributed by atoms with Crippen LogP contribution >= 0.6 is 0 Å². The van der Waals surface area contributed by atoms with Crippen LogP contribution in [0.15, 0.2) is 0 Å². The summed E-state index contributed by atoms with van der Waals surface area (Å²) in [6, 6.07) is 1.19. The average Bonchev–Trinajstić information content (AvgIpc) is 2.16. The minimum atomic E-state index is 0.444. The Morgan fingerprint density at radius 2 is 1.14 bits per heavy atom. The molecule has 0 fully saturated rings. The summed E-state index contributed by atoms with van der Waals surface area (Å²) in [6.45, 7) is 13.4. The molecule has 0 radical (unpaired) electrons. The Morgan fingerprint density at radius 3 is 1.36 bits per heavy atom. The predicted molar refractivity (Wildman–Crippen MR) is 64.4 cm³/mol. The van der Waals surface area contributed by atoms with Gasteiger partial charge in [0, 0.05) is 12.1 Å². The van der Waals surface area contributed by atoms with Crippen molar-refractivity contribution in [3.8, 4) is 0 Å². The summed E-state index contributed by atoms with van der Waals surface area (Å²) < 4.78 is 0. The Bertz CT molecular complexity index is 122. The smallest absolute Gasteiger partial charge is 0.0599 e. The molecule has 0 saturated carbocycles. The normalized spacial score (nSPS) is 18.2. The molecule has 0 bridgehead atoms. The minimum absolute atomic E-state index is 0.444. The predicted octanol–water partition coefficient (Wildman–Crippen LogP) is 2.74. The molecule has 0 aliphatic carbocycles. The SMILES string of the molecule is CCC(C)NC(NC(C)CC)C(C)C. The van der Waals surface area contributed by atoms with Crippen LogP contribution in [0, 0.1) is 5.92 Å². The highest BCUT2D eigenvalue weighted by Crippen LogP contribution is 2.03. The summed E-state index contributed by atoms with van der Waals surface area (Å²) in [6.07, 6.45) is 2.82. The van der Waals surface area contributed by atoms with E-state index in [1.165, 1.54) is 12.8 Å². The third kappa shape index (κ3) is 5.61. The monoisotopic (exact) mass is 200 g/mol. The second-order valence-electron chi connectivity index (χ2n) is 4.67. The zero-order chi connectivity index (χ0) is 11.1. The molecule has 0 aromatic carbocycles. The van der Waals surface area contributed by atoms with Gasteiger partial charge in [-0.2, -0.15) is 0 Å². The fourth-order valence-corrected chi connectivity index (χ4v) is 1.28. The van der Waals surface area contributed by atoms with Gasteiger partial charge in [-0.15, -0.1) is 0 Å². The fraction of sp³-hybridized carbons (Fsp3) is 1.00. The van der Waals surface area contributed by atoms with Gasteiger partial charge < -0.3 is 0 Å². The second kappa shape index (κ2) is 7.24. The minimum Gasteiger partial charge on any atom is -0.299 e. The zero-order valence-corrected chi connectivity index (χ0v) is 10.7. The van der Waals surface area contributed by atoms with E-state index in [2.05, 4.69) is 52.2 Å². The molecule has 0 heterocycles. The third-order valence-corrected chi connectivity index (χ3v) is 2.82. The summed E-state index contributed by atoms with van der Waals surface area (Å²) in [5, 5.41) is 7.24. The van der Waals surface area contributed by atoms with Crippen LogP contribution in [0.4, 0.5) is 0 Å². The van der Waals surface area contributed by atoms with E-state index in [0.29, 0.717) is 24.2 Å². The first-order valence-corrected chi connectivity index (χ1v) is 6.03. The van der Waals surface area contributed by atoms with E-state index < -0.39 is 0 Å². The van der Waals surface area contributed by atoms with Crippen molar-refractivity contribution in [2.24, 2.45) is 5.92 Å². The summed E-state index contributed by atoms with van der Waals surface area (Å²) >= 11 is 0. The van der Waals surface area contributed by atoms with Gasteiger partial charge in [0.2, 0.25) is 0 Å². The highest BCUT2D eigenvalue weighted by atomic mass is 15.1. The molecule has 14 heavy (non-hydrogen) atoms. The van der Waals surface area contributed by atoms with E-state index in [9.17, 15) is 0 Å². The quantitative estimate of drug-likeness (QED) is 0.618. The van der Waals surface area contributed by atoms with Gasteiger partial charge in [0.25, 0.3) is 0 Å². The van der Waals surface area contributed by atoms with Gasteiger partial charge in [-0.1, -0.05) is 27.7 Å². The van der Waals surface area contributed by atoms with Crippen molar-refractivity contribution in [1.29, 1.82) is 0 Å². The molecule has 0 aliphatic rings. The van der Waals surface area contributed by atoms with Gasteiger partial charge in [0.05, 0.1) is 6.17 Å². The van der Waals surface area contributed by atoms with Crippen molar-refractivity contribution in [3.63, 3.8) is 0 Å². The number of rotatable bonds is 7. The largest absolute Gasteiger partial charge is 0.299 e. The molecule has 0 amide bonds. The van der Waals surface area contributed by atoms with Crippen LogP contribution in [0.25, 0.3) is 0 Å². The lowest BCUT2D eigenvalue weighted by Crippen LogP contribution is -2.52. The highest BCUT2D eigenvalue weighted by molar-refractivity contribution is 4.74. The molecule has 2 atom stereocenters. The van der Waals surface area contributed by atoms with Crippen molar-refractivity contribution in [1.82, 2.24) is 10.6 Å². The number of hydrogen-bond acceptors (Lipinski definition) is 2. The molecule has 2 nitrogen and oxygen atoms in total. The lowest BCUT2D eigenvalue weighted by Gasteiger charge is -2.29. The van der Waals surface area contributed by atoms with E-state index >= 15 is 0 Å². The summed E-state index contributed by atoms with van der Waals surface area (Å²) in [5.74, 6) is 0.637. The highest BCUT2D eigenvalue weighted by Gasteiger charge is 2.16. The molecule has 0 saturated heterocycles. The molecule has 0 spiro atoms. The van der Waals surface area contributed by atoms with Crippen LogP contribution in [0.5, 0.6) is 0 Å². The van der Waals surface area contributed by atoms with Crippen LogP contribution < -0.4 is 10.6 Å². The third-order valence-electron chi connectivity index (χ3n) is 2.82. The number of hydrogen-bond donors (Lipinski definition) is 2. The first-order valence-electron chi connectivity index (χ1n) is 6.03. The van der Waals surface area contributed by atoms with E-state index in [1.807, 2.05) is 0 Å². The molecular weight excluding hydrogens is 172 g/mol. The molecule has 2 N–H and O–H groups in total. The van der Waals surface area contributed by atoms with Crippen LogP contribution in [0.2, 0.25) is 0 Å². The molecule has 86 valence electrons. The fourth-order valence-electron chi connectivity index (χ4n) is 1.28. The second-order valence-corrected chi connectivity index (χ2v) is 4.67. The van der Waals surface area contributed by atoms with Crippen molar-refractivity contribution in [2.45, 2.75) is 72.6 Å². The molecule has 0 aliphatic heterocycles. The molecule has 0 aromatic heterocycles. The Hall–Kier alpha value is -0.0800. The van der Waals surface area contributed by atoms with Gasteiger partial charge in [-0.3, -0.25) is 10.6 Å². The average molecular weight is 200 g/mol. The van der Waals surface area contributed by atoms with Crippen LogP contribution in [0.3, 0.4) is 0 Å². The first kappa shape index (κ1) is 13.9. The van der Waals surface area contributed by atoms with Gasteiger partial charge in [0.15, 0.2) is 0 Å². The van der Waals surface area contributed by atoms with Gasteiger partial charge in [-0.05, 0) is 32.6 Å². The summed E-state index contributed by atoms with van der Waals surface area (Å²) in [7, 11) is 0. The maximum atomic E-state index is 3.62. The van der Waals surface area contributed by atoms with Gasteiger partial charge in [0.1, 0.15) is 0 Å². The summed E-state index contributed by atoms with van der Waals surface area (Å²) in [5.41, 5.74) is 0. The van der Waals surface area contributed by atoms with Crippen molar-refractivity contribution in [3.05, 3.63) is 0 Å². The van der Waals surface area contributed by atoms with Crippen LogP contribution in [-0.4, -0.2) is 18.2 Å². The van der Waals surface area contributed by atoms with Crippen molar-refractivity contribution >= 4 is 0 Å². The first-order chi connectivity index (χ1) is 6.51.